The molecule has 86 valence electrons. The van der Waals surface area contributed by atoms with Crippen LogP contribution in [-0.2, 0) is 4.79 Å². The van der Waals surface area contributed by atoms with Crippen molar-refractivity contribution < 1.29 is 14.3 Å². The quantitative estimate of drug-likeness (QED) is 0.781. The standard InChI is InChI=1S/C13H16O3/c1-8(14)10-7-11(10)9-4-5-12(15-2)13(6-9)16-3/h4-6,10-11H,7H2,1-3H3/t10-,11?/m1/s1. The van der Waals surface area contributed by atoms with Gasteiger partial charge in [0.15, 0.2) is 11.5 Å². The zero-order chi connectivity index (χ0) is 11.7. The van der Waals surface area contributed by atoms with Crippen molar-refractivity contribution in [3.8, 4) is 11.5 Å². The molecule has 3 nitrogen and oxygen atoms in total. The molecule has 0 aliphatic heterocycles. The number of carbonyl (C=O) groups is 1. The third-order valence-corrected chi connectivity index (χ3v) is 3.15. The molecule has 2 rings (SSSR count). The Morgan fingerprint density at radius 1 is 1.25 bits per heavy atom. The van der Waals surface area contributed by atoms with Gasteiger partial charge < -0.3 is 9.47 Å². The van der Waals surface area contributed by atoms with Crippen molar-refractivity contribution in [3.05, 3.63) is 23.8 Å². The first-order chi connectivity index (χ1) is 7.67. The van der Waals surface area contributed by atoms with E-state index in [1.54, 1.807) is 21.1 Å². The highest BCUT2D eigenvalue weighted by molar-refractivity contribution is 5.82. The summed E-state index contributed by atoms with van der Waals surface area (Å²) in [6, 6.07) is 5.87. The van der Waals surface area contributed by atoms with E-state index in [-0.39, 0.29) is 11.7 Å². The van der Waals surface area contributed by atoms with Crippen LogP contribution in [0.3, 0.4) is 0 Å². The Kier molecular flexibility index (Phi) is 2.86. The average molecular weight is 220 g/mol. The van der Waals surface area contributed by atoms with E-state index in [4.69, 9.17) is 9.47 Å². The highest BCUT2D eigenvalue weighted by Crippen LogP contribution is 2.49. The summed E-state index contributed by atoms with van der Waals surface area (Å²) in [6.07, 6.45) is 0.963. The van der Waals surface area contributed by atoms with Gasteiger partial charge in [-0.2, -0.15) is 0 Å². The smallest absolute Gasteiger partial charge is 0.160 e. The number of carbonyl (C=O) groups excluding carboxylic acids is 1. The van der Waals surface area contributed by atoms with E-state index < -0.39 is 0 Å². The zero-order valence-electron chi connectivity index (χ0n) is 9.82. The number of benzene rings is 1. The van der Waals surface area contributed by atoms with Crippen LogP contribution in [0.4, 0.5) is 0 Å². The molecule has 0 heterocycles. The van der Waals surface area contributed by atoms with E-state index in [9.17, 15) is 4.79 Å². The number of methoxy groups -OCH3 is 2. The SMILES string of the molecule is COc1ccc(C2C[C@@H]2C(C)=O)cc1OC. The Balaban J connectivity index is 2.21. The maximum Gasteiger partial charge on any atom is 0.160 e. The molecule has 1 unspecified atom stereocenters. The van der Waals surface area contributed by atoms with Crippen molar-refractivity contribution in [2.24, 2.45) is 5.92 Å². The van der Waals surface area contributed by atoms with Gasteiger partial charge >= 0.3 is 0 Å². The van der Waals surface area contributed by atoms with Crippen molar-refractivity contribution in [1.29, 1.82) is 0 Å². The lowest BCUT2D eigenvalue weighted by atomic mass is 10.1. The van der Waals surface area contributed by atoms with Crippen LogP contribution >= 0.6 is 0 Å². The first-order valence-electron chi connectivity index (χ1n) is 5.39. The van der Waals surface area contributed by atoms with E-state index in [0.29, 0.717) is 5.92 Å². The Hall–Kier alpha value is -1.51. The summed E-state index contributed by atoms with van der Waals surface area (Å²) in [5, 5.41) is 0. The van der Waals surface area contributed by atoms with Crippen LogP contribution in [0.15, 0.2) is 18.2 Å². The van der Waals surface area contributed by atoms with Crippen LogP contribution in [0, 0.1) is 5.92 Å². The summed E-state index contributed by atoms with van der Waals surface area (Å²) in [5.74, 6) is 2.32. The van der Waals surface area contributed by atoms with E-state index >= 15 is 0 Å². The van der Waals surface area contributed by atoms with Gasteiger partial charge in [0.1, 0.15) is 5.78 Å². The van der Waals surface area contributed by atoms with E-state index in [1.807, 2.05) is 18.2 Å². The fourth-order valence-corrected chi connectivity index (χ4v) is 2.10. The van der Waals surface area contributed by atoms with Crippen molar-refractivity contribution in [2.45, 2.75) is 19.3 Å². The number of ether oxygens (including phenoxy) is 2. The molecule has 0 N–H and O–H groups in total. The van der Waals surface area contributed by atoms with Crippen LogP contribution in [0.1, 0.15) is 24.8 Å². The summed E-state index contributed by atoms with van der Waals surface area (Å²) >= 11 is 0. The minimum absolute atomic E-state index is 0.207. The third kappa shape index (κ3) is 1.90. The molecule has 16 heavy (non-hydrogen) atoms. The first kappa shape index (κ1) is 11.0. The maximum absolute atomic E-state index is 11.2. The van der Waals surface area contributed by atoms with Gasteiger partial charge in [-0.1, -0.05) is 6.07 Å². The monoisotopic (exact) mass is 220 g/mol. The molecule has 0 spiro atoms. The van der Waals surface area contributed by atoms with Crippen LogP contribution < -0.4 is 9.47 Å². The molecule has 1 aromatic carbocycles. The molecule has 0 amide bonds. The maximum atomic E-state index is 11.2. The van der Waals surface area contributed by atoms with Crippen LogP contribution in [0.2, 0.25) is 0 Å². The second kappa shape index (κ2) is 4.16. The van der Waals surface area contributed by atoms with Crippen molar-refractivity contribution in [1.82, 2.24) is 0 Å². The molecular weight excluding hydrogens is 204 g/mol. The largest absolute Gasteiger partial charge is 0.493 e. The van der Waals surface area contributed by atoms with Gasteiger partial charge in [-0.25, -0.2) is 0 Å². The Bertz CT molecular complexity index is 412. The predicted molar refractivity (Wildman–Crippen MR) is 61.1 cm³/mol. The lowest BCUT2D eigenvalue weighted by Gasteiger charge is -2.09. The Labute approximate surface area is 95.4 Å². The molecule has 1 fully saturated rings. The molecule has 0 aromatic heterocycles. The molecule has 0 saturated heterocycles. The molecule has 1 saturated carbocycles. The molecule has 0 bridgehead atoms. The third-order valence-electron chi connectivity index (χ3n) is 3.15. The lowest BCUT2D eigenvalue weighted by molar-refractivity contribution is -0.118. The Morgan fingerprint density at radius 3 is 2.44 bits per heavy atom. The number of hydrogen-bond acceptors (Lipinski definition) is 3. The molecule has 3 heteroatoms. The van der Waals surface area contributed by atoms with Gasteiger partial charge in [-0.05, 0) is 37.0 Å². The fourth-order valence-electron chi connectivity index (χ4n) is 2.10. The fraction of sp³-hybridized carbons (Fsp3) is 0.462. The van der Waals surface area contributed by atoms with Gasteiger partial charge in [0.2, 0.25) is 0 Å². The summed E-state index contributed by atoms with van der Waals surface area (Å²) < 4.78 is 10.4. The highest BCUT2D eigenvalue weighted by Gasteiger charge is 2.41. The molecule has 1 aliphatic carbocycles. The predicted octanol–water partition coefficient (Wildman–Crippen LogP) is 2.40. The summed E-state index contributed by atoms with van der Waals surface area (Å²) in [7, 11) is 3.24. The van der Waals surface area contributed by atoms with Crippen LogP contribution in [0.25, 0.3) is 0 Å². The van der Waals surface area contributed by atoms with Crippen LogP contribution in [0.5, 0.6) is 11.5 Å². The number of ketones is 1. The van der Waals surface area contributed by atoms with Crippen LogP contribution in [-0.4, -0.2) is 20.0 Å². The van der Waals surface area contributed by atoms with Gasteiger partial charge in [0, 0.05) is 5.92 Å². The minimum atomic E-state index is 0.207. The summed E-state index contributed by atoms with van der Waals surface area (Å²) in [6.45, 7) is 1.66. The topological polar surface area (TPSA) is 35.5 Å². The number of hydrogen-bond donors (Lipinski definition) is 0. The summed E-state index contributed by atoms with van der Waals surface area (Å²) in [5.41, 5.74) is 1.16. The minimum Gasteiger partial charge on any atom is -0.493 e. The average Bonchev–Trinajstić information content (AvgIpc) is 3.08. The van der Waals surface area contributed by atoms with Crippen molar-refractivity contribution in [2.75, 3.05) is 14.2 Å². The number of Topliss-reactive ketones (excluding diaryl/α,β-unsaturated/α-hetero) is 1. The summed E-state index contributed by atoms with van der Waals surface area (Å²) in [4.78, 5) is 11.2. The molecule has 1 aromatic rings. The molecule has 1 aliphatic rings. The van der Waals surface area contributed by atoms with Gasteiger partial charge in [0.25, 0.3) is 0 Å². The zero-order valence-corrected chi connectivity index (χ0v) is 9.82. The molecule has 0 radical (unpaired) electrons. The second-order valence-electron chi connectivity index (χ2n) is 4.17. The van der Waals surface area contributed by atoms with E-state index in [0.717, 1.165) is 23.5 Å². The Morgan fingerprint density at radius 2 is 1.94 bits per heavy atom. The van der Waals surface area contributed by atoms with Crippen molar-refractivity contribution >= 4 is 5.78 Å². The second-order valence-corrected chi connectivity index (χ2v) is 4.17. The van der Waals surface area contributed by atoms with E-state index in [1.165, 1.54) is 0 Å². The van der Waals surface area contributed by atoms with E-state index in [2.05, 4.69) is 0 Å². The van der Waals surface area contributed by atoms with Gasteiger partial charge in [-0.15, -0.1) is 0 Å². The number of rotatable bonds is 4. The molecular formula is C13H16O3. The van der Waals surface area contributed by atoms with Crippen molar-refractivity contribution in [3.63, 3.8) is 0 Å². The molecule has 2 atom stereocenters. The highest BCUT2D eigenvalue weighted by atomic mass is 16.5. The normalized spacial score (nSPS) is 22.7. The lowest BCUT2D eigenvalue weighted by Crippen LogP contribution is -1.96. The first-order valence-corrected chi connectivity index (χ1v) is 5.39. The van der Waals surface area contributed by atoms with Gasteiger partial charge in [-0.3, -0.25) is 4.79 Å². The van der Waals surface area contributed by atoms with Gasteiger partial charge in [0.05, 0.1) is 14.2 Å².